The van der Waals surface area contributed by atoms with Crippen molar-refractivity contribution in [2.45, 2.75) is 18.2 Å². The number of hydrogen-bond donors (Lipinski definition) is 1. The first-order valence-electron chi connectivity index (χ1n) is 8.64. The fourth-order valence-corrected chi connectivity index (χ4v) is 4.07. The number of benzene rings is 2. The molecule has 0 amide bonds. The van der Waals surface area contributed by atoms with E-state index in [1.807, 2.05) is 43.3 Å². The van der Waals surface area contributed by atoms with E-state index in [1.54, 1.807) is 12.1 Å². The van der Waals surface area contributed by atoms with E-state index in [1.165, 1.54) is 0 Å². The van der Waals surface area contributed by atoms with E-state index in [-0.39, 0.29) is 4.90 Å². The van der Waals surface area contributed by atoms with E-state index in [0.717, 1.165) is 43.9 Å². The van der Waals surface area contributed by atoms with Gasteiger partial charge in [0.1, 0.15) is 0 Å². The third-order valence-electron chi connectivity index (χ3n) is 4.63. The summed E-state index contributed by atoms with van der Waals surface area (Å²) in [5.74, 6) is 0. The van der Waals surface area contributed by atoms with E-state index in [4.69, 9.17) is 0 Å². The number of likely N-dealkylation sites (N-methyl/N-ethyl adjacent to an activating group) is 1. The van der Waals surface area contributed by atoms with E-state index < -0.39 is 10.0 Å². The second-order valence-corrected chi connectivity index (χ2v) is 8.09. The number of sulfonamides is 1. The largest absolute Gasteiger partial charge is 0.367 e. The number of hydrogen-bond acceptors (Lipinski definition) is 4. The smallest absolute Gasteiger partial charge is 0.261 e. The molecular formula is C19H25N3O2S. The van der Waals surface area contributed by atoms with Crippen LogP contribution >= 0.6 is 0 Å². The summed E-state index contributed by atoms with van der Waals surface area (Å²) in [6, 6.07) is 14.7. The van der Waals surface area contributed by atoms with Crippen molar-refractivity contribution in [2.24, 2.45) is 0 Å². The maximum atomic E-state index is 12.8. The fraction of sp³-hybridized carbons (Fsp3) is 0.368. The van der Waals surface area contributed by atoms with Crippen LogP contribution in [-0.4, -0.2) is 46.5 Å². The molecular weight excluding hydrogens is 334 g/mol. The van der Waals surface area contributed by atoms with Crippen LogP contribution in [0.25, 0.3) is 0 Å². The van der Waals surface area contributed by atoms with Gasteiger partial charge in [0.15, 0.2) is 0 Å². The van der Waals surface area contributed by atoms with Gasteiger partial charge in [-0.25, -0.2) is 8.42 Å². The molecule has 134 valence electrons. The standard InChI is InChI=1S/C19H25N3O2S/c1-3-16-8-10-17(11-9-16)25(23,24)20-18-6-4-5-7-19(18)22-14-12-21(2)13-15-22/h4-11,20H,3,12-15H2,1-2H3. The topological polar surface area (TPSA) is 52.7 Å². The zero-order valence-corrected chi connectivity index (χ0v) is 15.6. The molecule has 5 nitrogen and oxygen atoms in total. The minimum Gasteiger partial charge on any atom is -0.367 e. The maximum Gasteiger partial charge on any atom is 0.261 e. The van der Waals surface area contributed by atoms with Crippen LogP contribution in [0.1, 0.15) is 12.5 Å². The molecule has 2 aromatic rings. The molecule has 1 fully saturated rings. The summed E-state index contributed by atoms with van der Waals surface area (Å²) < 4.78 is 28.3. The Labute approximate surface area is 150 Å². The summed E-state index contributed by atoms with van der Waals surface area (Å²) in [6.07, 6.45) is 0.889. The summed E-state index contributed by atoms with van der Waals surface area (Å²) in [5.41, 5.74) is 2.69. The van der Waals surface area contributed by atoms with Gasteiger partial charge in [0.2, 0.25) is 0 Å². The molecule has 1 N–H and O–H groups in total. The van der Waals surface area contributed by atoms with Gasteiger partial charge >= 0.3 is 0 Å². The molecule has 2 aromatic carbocycles. The SMILES string of the molecule is CCc1ccc(S(=O)(=O)Nc2ccccc2N2CCN(C)CC2)cc1. The third-order valence-corrected chi connectivity index (χ3v) is 6.02. The lowest BCUT2D eigenvalue weighted by Gasteiger charge is -2.35. The quantitative estimate of drug-likeness (QED) is 0.892. The van der Waals surface area contributed by atoms with Crippen LogP contribution in [0.4, 0.5) is 11.4 Å². The van der Waals surface area contributed by atoms with Crippen LogP contribution < -0.4 is 9.62 Å². The first-order valence-corrected chi connectivity index (χ1v) is 10.1. The Morgan fingerprint density at radius 3 is 2.24 bits per heavy atom. The Balaban J connectivity index is 1.84. The molecule has 1 aliphatic heterocycles. The Morgan fingerprint density at radius 2 is 1.60 bits per heavy atom. The highest BCUT2D eigenvalue weighted by Gasteiger charge is 2.20. The molecule has 0 radical (unpaired) electrons. The third kappa shape index (κ3) is 4.14. The number of rotatable bonds is 5. The predicted octanol–water partition coefficient (Wildman–Crippen LogP) is 2.80. The molecule has 0 saturated carbocycles. The minimum absolute atomic E-state index is 0.290. The average molecular weight is 359 g/mol. The average Bonchev–Trinajstić information content (AvgIpc) is 2.63. The normalized spacial score (nSPS) is 16.0. The molecule has 25 heavy (non-hydrogen) atoms. The number of nitrogens with zero attached hydrogens (tertiary/aromatic N) is 2. The molecule has 3 rings (SSSR count). The Kier molecular flexibility index (Phi) is 5.30. The Morgan fingerprint density at radius 1 is 0.960 bits per heavy atom. The number of piperazine rings is 1. The van der Waals surface area contributed by atoms with Crippen molar-refractivity contribution in [1.82, 2.24) is 4.90 Å². The van der Waals surface area contributed by atoms with Crippen molar-refractivity contribution in [3.8, 4) is 0 Å². The highest BCUT2D eigenvalue weighted by Crippen LogP contribution is 2.28. The minimum atomic E-state index is -3.60. The van der Waals surface area contributed by atoms with E-state index in [2.05, 4.69) is 21.6 Å². The number of anilines is 2. The summed E-state index contributed by atoms with van der Waals surface area (Å²) in [6.45, 7) is 5.77. The van der Waals surface area contributed by atoms with Crippen LogP contribution in [0.2, 0.25) is 0 Å². The summed E-state index contributed by atoms with van der Waals surface area (Å²) in [7, 11) is -1.49. The van der Waals surface area contributed by atoms with Gasteiger partial charge in [-0.3, -0.25) is 4.72 Å². The molecule has 1 aliphatic rings. The lowest BCUT2D eigenvalue weighted by molar-refractivity contribution is 0.313. The molecule has 6 heteroatoms. The van der Waals surface area contributed by atoms with E-state index in [0.29, 0.717) is 5.69 Å². The van der Waals surface area contributed by atoms with Crippen LogP contribution in [-0.2, 0) is 16.4 Å². The Hall–Kier alpha value is -2.05. The van der Waals surface area contributed by atoms with Gasteiger partial charge in [-0.1, -0.05) is 31.2 Å². The summed E-state index contributed by atoms with van der Waals surface area (Å²) >= 11 is 0. The van der Waals surface area contributed by atoms with Crippen molar-refractivity contribution in [3.05, 3.63) is 54.1 Å². The first kappa shape index (κ1) is 17.8. The molecule has 0 spiro atoms. The lowest BCUT2D eigenvalue weighted by Crippen LogP contribution is -2.44. The summed E-state index contributed by atoms with van der Waals surface area (Å²) in [4.78, 5) is 4.80. The van der Waals surface area contributed by atoms with Gasteiger partial charge in [0, 0.05) is 26.2 Å². The lowest BCUT2D eigenvalue weighted by atomic mass is 10.2. The van der Waals surface area contributed by atoms with Crippen molar-refractivity contribution >= 4 is 21.4 Å². The maximum absolute atomic E-state index is 12.8. The zero-order chi connectivity index (χ0) is 17.9. The van der Waals surface area contributed by atoms with Crippen molar-refractivity contribution in [2.75, 3.05) is 42.8 Å². The fourth-order valence-electron chi connectivity index (χ4n) is 2.99. The molecule has 1 saturated heterocycles. The molecule has 0 unspecified atom stereocenters. The van der Waals surface area contributed by atoms with Gasteiger partial charge in [0.05, 0.1) is 16.3 Å². The highest BCUT2D eigenvalue weighted by molar-refractivity contribution is 7.92. The van der Waals surface area contributed by atoms with Crippen molar-refractivity contribution in [3.63, 3.8) is 0 Å². The first-order chi connectivity index (χ1) is 12.0. The van der Waals surface area contributed by atoms with Crippen LogP contribution in [0, 0.1) is 0 Å². The van der Waals surface area contributed by atoms with Gasteiger partial charge < -0.3 is 9.80 Å². The zero-order valence-electron chi connectivity index (χ0n) is 14.8. The van der Waals surface area contributed by atoms with Gasteiger partial charge in [0.25, 0.3) is 10.0 Å². The van der Waals surface area contributed by atoms with E-state index in [9.17, 15) is 8.42 Å². The van der Waals surface area contributed by atoms with E-state index >= 15 is 0 Å². The molecule has 0 aromatic heterocycles. The molecule has 0 bridgehead atoms. The number of nitrogens with one attached hydrogen (secondary N) is 1. The Bertz CT molecular complexity index is 811. The molecule has 0 atom stereocenters. The highest BCUT2D eigenvalue weighted by atomic mass is 32.2. The van der Waals surface area contributed by atoms with Gasteiger partial charge in [-0.15, -0.1) is 0 Å². The predicted molar refractivity (Wildman–Crippen MR) is 103 cm³/mol. The molecule has 0 aliphatic carbocycles. The number of para-hydroxylation sites is 2. The summed E-state index contributed by atoms with van der Waals surface area (Å²) in [5, 5.41) is 0. The van der Waals surface area contributed by atoms with Crippen molar-refractivity contribution < 1.29 is 8.42 Å². The van der Waals surface area contributed by atoms with Gasteiger partial charge in [-0.05, 0) is 43.3 Å². The van der Waals surface area contributed by atoms with Crippen LogP contribution in [0.3, 0.4) is 0 Å². The second-order valence-electron chi connectivity index (χ2n) is 6.41. The van der Waals surface area contributed by atoms with Gasteiger partial charge in [-0.2, -0.15) is 0 Å². The molecule has 1 heterocycles. The van der Waals surface area contributed by atoms with Crippen LogP contribution in [0.5, 0.6) is 0 Å². The monoisotopic (exact) mass is 359 g/mol. The second kappa shape index (κ2) is 7.45. The van der Waals surface area contributed by atoms with Crippen LogP contribution in [0.15, 0.2) is 53.4 Å². The van der Waals surface area contributed by atoms with Crippen molar-refractivity contribution in [1.29, 1.82) is 0 Å². The number of aryl methyl sites for hydroxylation is 1.